The number of halogens is 1. The van der Waals surface area contributed by atoms with E-state index in [0.717, 1.165) is 16.5 Å². The van der Waals surface area contributed by atoms with E-state index in [9.17, 15) is 19.1 Å². The van der Waals surface area contributed by atoms with E-state index in [4.69, 9.17) is 0 Å². The van der Waals surface area contributed by atoms with Crippen LogP contribution in [0.3, 0.4) is 0 Å². The summed E-state index contributed by atoms with van der Waals surface area (Å²) in [5.74, 6) is -1.37. The number of hydrogen-bond acceptors (Lipinski definition) is 2. The molecule has 1 aromatic heterocycles. The topological polar surface area (TPSA) is 71.3 Å². The number of aromatic nitrogens is 1. The van der Waals surface area contributed by atoms with Crippen LogP contribution in [0.15, 0.2) is 72.8 Å². The van der Waals surface area contributed by atoms with Crippen molar-refractivity contribution < 1.29 is 19.1 Å². The molecule has 0 fully saturated rings. The number of carboxylic acid groups (broad SMARTS) is 1. The Balaban J connectivity index is 1.75. The number of benzene rings is 3. The summed E-state index contributed by atoms with van der Waals surface area (Å²) in [6, 6.07) is 21.7. The second-order valence-corrected chi connectivity index (χ2v) is 8.71. The van der Waals surface area contributed by atoms with Gasteiger partial charge in [0.05, 0.1) is 6.42 Å². The fourth-order valence-electron chi connectivity index (χ4n) is 4.23. The van der Waals surface area contributed by atoms with Gasteiger partial charge in [0.1, 0.15) is 11.5 Å². The number of carboxylic acids is 1. The summed E-state index contributed by atoms with van der Waals surface area (Å²) in [5.41, 5.74) is 4.43. The van der Waals surface area contributed by atoms with Crippen LogP contribution in [-0.2, 0) is 24.3 Å². The molecule has 4 aromatic rings. The first-order chi connectivity index (χ1) is 16.3. The lowest BCUT2D eigenvalue weighted by Gasteiger charge is -2.14. The zero-order valence-corrected chi connectivity index (χ0v) is 19.2. The van der Waals surface area contributed by atoms with Gasteiger partial charge in [-0.1, -0.05) is 68.4 Å². The van der Waals surface area contributed by atoms with Gasteiger partial charge in [0.2, 0.25) is 0 Å². The van der Waals surface area contributed by atoms with E-state index in [0.29, 0.717) is 29.3 Å². The minimum absolute atomic E-state index is 0.133. The molecule has 5 nitrogen and oxygen atoms in total. The van der Waals surface area contributed by atoms with Crippen molar-refractivity contribution in [3.05, 3.63) is 107 Å². The number of nitrogens with zero attached hydrogens (tertiary/aromatic N) is 1. The molecule has 0 aliphatic heterocycles. The Morgan fingerprint density at radius 2 is 1.71 bits per heavy atom. The van der Waals surface area contributed by atoms with Crippen molar-refractivity contribution >= 4 is 22.8 Å². The van der Waals surface area contributed by atoms with Gasteiger partial charge in [-0.05, 0) is 40.8 Å². The third kappa shape index (κ3) is 5.01. The lowest BCUT2D eigenvalue weighted by Crippen LogP contribution is -2.27. The van der Waals surface area contributed by atoms with Crippen LogP contribution in [0.1, 0.15) is 52.5 Å². The number of hydrogen-bond donors (Lipinski definition) is 2. The van der Waals surface area contributed by atoms with Crippen LogP contribution >= 0.6 is 0 Å². The highest BCUT2D eigenvalue weighted by atomic mass is 19.1. The van der Waals surface area contributed by atoms with Crippen molar-refractivity contribution in [2.45, 2.75) is 39.3 Å². The monoisotopic (exact) mass is 458 g/mol. The van der Waals surface area contributed by atoms with E-state index in [1.165, 1.54) is 17.7 Å². The second kappa shape index (κ2) is 9.91. The van der Waals surface area contributed by atoms with E-state index in [-0.39, 0.29) is 18.8 Å². The summed E-state index contributed by atoms with van der Waals surface area (Å²) >= 11 is 0. The molecule has 0 saturated carbocycles. The van der Waals surface area contributed by atoms with Crippen LogP contribution in [-0.4, -0.2) is 21.6 Å². The molecule has 0 atom stereocenters. The number of para-hydroxylation sites is 1. The molecule has 0 unspecified atom stereocenters. The smallest absolute Gasteiger partial charge is 0.307 e. The summed E-state index contributed by atoms with van der Waals surface area (Å²) in [5, 5.41) is 13.2. The molecule has 0 radical (unpaired) electrons. The molecule has 1 heterocycles. The predicted octanol–water partition coefficient (Wildman–Crippen LogP) is 5.51. The third-order valence-electron chi connectivity index (χ3n) is 5.95. The van der Waals surface area contributed by atoms with E-state index in [1.807, 2.05) is 41.0 Å². The zero-order valence-electron chi connectivity index (χ0n) is 19.2. The number of carbonyl (C=O) groups is 2. The van der Waals surface area contributed by atoms with Crippen LogP contribution in [0.2, 0.25) is 0 Å². The first kappa shape index (κ1) is 23.2. The first-order valence-corrected chi connectivity index (χ1v) is 11.3. The second-order valence-electron chi connectivity index (χ2n) is 8.71. The summed E-state index contributed by atoms with van der Waals surface area (Å²) < 4.78 is 15.4. The van der Waals surface area contributed by atoms with Gasteiger partial charge in [0.15, 0.2) is 0 Å². The summed E-state index contributed by atoms with van der Waals surface area (Å²) in [6.45, 7) is 4.82. The summed E-state index contributed by atoms with van der Waals surface area (Å²) in [6.07, 6.45) is -0.275. The molecule has 3 aromatic carbocycles. The molecule has 34 heavy (non-hydrogen) atoms. The van der Waals surface area contributed by atoms with Gasteiger partial charge >= 0.3 is 5.97 Å². The van der Waals surface area contributed by atoms with Crippen LogP contribution in [0.25, 0.3) is 10.9 Å². The third-order valence-corrected chi connectivity index (χ3v) is 5.95. The lowest BCUT2D eigenvalue weighted by atomic mass is 10.0. The molecule has 4 rings (SSSR count). The van der Waals surface area contributed by atoms with Gasteiger partial charge in [0, 0.05) is 29.6 Å². The number of aliphatic carboxylic acids is 1. The summed E-state index contributed by atoms with van der Waals surface area (Å²) in [7, 11) is 0. The van der Waals surface area contributed by atoms with E-state index < -0.39 is 11.9 Å². The Kier molecular flexibility index (Phi) is 6.77. The average molecular weight is 459 g/mol. The molecule has 6 heteroatoms. The van der Waals surface area contributed by atoms with Gasteiger partial charge < -0.3 is 15.0 Å². The molecule has 0 aliphatic rings. The molecule has 174 valence electrons. The highest BCUT2D eigenvalue weighted by molar-refractivity contribution is 6.03. The van der Waals surface area contributed by atoms with Crippen LogP contribution in [0.4, 0.5) is 4.39 Å². The minimum Gasteiger partial charge on any atom is -0.481 e. The number of carbonyl (C=O) groups excluding carboxylic acids is 1. The van der Waals surface area contributed by atoms with Gasteiger partial charge in [-0.15, -0.1) is 0 Å². The Hall–Kier alpha value is -3.93. The first-order valence-electron chi connectivity index (χ1n) is 11.3. The molecular formula is C28H27FN2O3. The maximum absolute atomic E-state index is 13.6. The SMILES string of the molecule is CC(C)c1ccc(Cn2c(C(=O)NCc3cccc(F)c3)c(CC(=O)O)c3ccccc32)cc1. The Morgan fingerprint density at radius 3 is 2.38 bits per heavy atom. The van der Waals surface area contributed by atoms with Gasteiger partial charge in [-0.25, -0.2) is 4.39 Å². The predicted molar refractivity (Wildman–Crippen MR) is 130 cm³/mol. The molecular weight excluding hydrogens is 431 g/mol. The zero-order chi connectivity index (χ0) is 24.2. The standard InChI is InChI=1S/C28H27FN2O3/c1-18(2)21-12-10-19(11-13-21)17-31-25-9-4-3-8-23(25)24(15-26(32)33)27(31)28(34)30-16-20-6-5-7-22(29)14-20/h3-14,18H,15-17H2,1-2H3,(H,30,34)(H,32,33). The molecule has 0 bridgehead atoms. The van der Waals surface area contributed by atoms with Gasteiger partial charge in [-0.3, -0.25) is 9.59 Å². The van der Waals surface area contributed by atoms with Crippen molar-refractivity contribution in [3.8, 4) is 0 Å². The summed E-state index contributed by atoms with van der Waals surface area (Å²) in [4.78, 5) is 25.1. The van der Waals surface area contributed by atoms with Crippen LogP contribution in [0.5, 0.6) is 0 Å². The Labute approximate surface area is 197 Å². The van der Waals surface area contributed by atoms with Gasteiger partial charge in [0.25, 0.3) is 5.91 Å². The molecule has 2 N–H and O–H groups in total. The fourth-order valence-corrected chi connectivity index (χ4v) is 4.23. The van der Waals surface area contributed by atoms with Gasteiger partial charge in [-0.2, -0.15) is 0 Å². The number of nitrogens with one attached hydrogen (secondary N) is 1. The van der Waals surface area contributed by atoms with Crippen molar-refractivity contribution in [2.75, 3.05) is 0 Å². The van der Waals surface area contributed by atoms with Crippen LogP contribution < -0.4 is 5.32 Å². The average Bonchev–Trinajstić information content (AvgIpc) is 3.10. The minimum atomic E-state index is -1.01. The Bertz CT molecular complexity index is 1340. The maximum atomic E-state index is 13.6. The molecule has 1 amide bonds. The maximum Gasteiger partial charge on any atom is 0.307 e. The lowest BCUT2D eigenvalue weighted by molar-refractivity contribution is -0.136. The van der Waals surface area contributed by atoms with Crippen molar-refractivity contribution in [3.63, 3.8) is 0 Å². The van der Waals surface area contributed by atoms with E-state index in [2.05, 4.69) is 31.3 Å². The number of rotatable bonds is 8. The number of amides is 1. The number of fused-ring (bicyclic) bond motifs is 1. The highest BCUT2D eigenvalue weighted by Gasteiger charge is 2.24. The van der Waals surface area contributed by atoms with E-state index in [1.54, 1.807) is 12.1 Å². The molecule has 0 saturated heterocycles. The van der Waals surface area contributed by atoms with Crippen LogP contribution in [0, 0.1) is 5.82 Å². The quantitative estimate of drug-likeness (QED) is 0.366. The van der Waals surface area contributed by atoms with Crippen molar-refractivity contribution in [1.29, 1.82) is 0 Å². The Morgan fingerprint density at radius 1 is 0.971 bits per heavy atom. The van der Waals surface area contributed by atoms with E-state index >= 15 is 0 Å². The normalized spacial score (nSPS) is 11.2. The molecule has 0 aliphatic carbocycles. The highest BCUT2D eigenvalue weighted by Crippen LogP contribution is 2.28. The van der Waals surface area contributed by atoms with Crippen molar-refractivity contribution in [2.24, 2.45) is 0 Å². The van der Waals surface area contributed by atoms with Crippen molar-refractivity contribution in [1.82, 2.24) is 9.88 Å². The fraction of sp³-hybridized carbons (Fsp3) is 0.214. The molecule has 0 spiro atoms. The largest absolute Gasteiger partial charge is 0.481 e.